The van der Waals surface area contributed by atoms with Gasteiger partial charge in [0.05, 0.1) is 22.9 Å². The lowest BCUT2D eigenvalue weighted by atomic mass is 9.96. The zero-order valence-electron chi connectivity index (χ0n) is 21.9. The number of rotatable bonds is 12. The number of carbonyl (C=O) groups is 1. The third-order valence-corrected chi connectivity index (χ3v) is 6.80. The third-order valence-electron chi connectivity index (χ3n) is 6.49. The van der Waals surface area contributed by atoms with Crippen LogP contribution in [0.15, 0.2) is 79.1 Å². The van der Waals surface area contributed by atoms with Crippen LogP contribution in [-0.4, -0.2) is 33.8 Å². The number of ether oxygens (including phenoxy) is 1. The number of pyridine rings is 1. The number of aliphatic carboxylic acids is 1. The van der Waals surface area contributed by atoms with Crippen LogP contribution in [0.25, 0.3) is 11.1 Å². The summed E-state index contributed by atoms with van der Waals surface area (Å²) in [6.45, 7) is 2.28. The van der Waals surface area contributed by atoms with E-state index in [0.29, 0.717) is 39.7 Å². The van der Waals surface area contributed by atoms with Gasteiger partial charge in [0.15, 0.2) is 0 Å². The Hall–Kier alpha value is -4.42. The van der Waals surface area contributed by atoms with E-state index in [1.54, 1.807) is 24.4 Å². The van der Waals surface area contributed by atoms with Crippen LogP contribution in [0.4, 0.5) is 5.69 Å². The minimum absolute atomic E-state index is 0.0988. The van der Waals surface area contributed by atoms with E-state index < -0.39 is 18.6 Å². The molecule has 0 radical (unpaired) electrons. The van der Waals surface area contributed by atoms with Crippen LogP contribution in [0.2, 0.25) is 5.02 Å². The van der Waals surface area contributed by atoms with Gasteiger partial charge in [0.1, 0.15) is 24.5 Å². The number of hydrogen-bond donors (Lipinski definition) is 4. The largest absolute Gasteiger partial charge is 0.488 e. The molecule has 0 aliphatic rings. The van der Waals surface area contributed by atoms with Gasteiger partial charge >= 0.3 is 5.97 Å². The minimum atomic E-state index is -1.16. The predicted molar refractivity (Wildman–Crippen MR) is 154 cm³/mol. The van der Waals surface area contributed by atoms with Crippen molar-refractivity contribution in [2.24, 2.45) is 0 Å². The van der Waals surface area contributed by atoms with E-state index in [1.165, 1.54) is 6.20 Å². The minimum Gasteiger partial charge on any atom is -0.488 e. The highest BCUT2D eigenvalue weighted by Gasteiger charge is 2.18. The fourth-order valence-corrected chi connectivity index (χ4v) is 4.50. The molecule has 1 atom stereocenters. The van der Waals surface area contributed by atoms with Crippen LogP contribution < -0.4 is 15.4 Å². The summed E-state index contributed by atoms with van der Waals surface area (Å²) in [5.41, 5.74) is 6.94. The Morgan fingerprint density at radius 3 is 2.60 bits per heavy atom. The van der Waals surface area contributed by atoms with Crippen molar-refractivity contribution in [1.82, 2.24) is 10.3 Å². The van der Waals surface area contributed by atoms with Gasteiger partial charge in [-0.3, -0.25) is 15.1 Å². The van der Waals surface area contributed by atoms with Crippen LogP contribution in [0.3, 0.4) is 0 Å². The molecular formula is C31H29ClN4O4. The first-order chi connectivity index (χ1) is 19.4. The molecule has 3 aromatic carbocycles. The van der Waals surface area contributed by atoms with Crippen LogP contribution in [0.1, 0.15) is 27.8 Å². The molecular weight excluding hydrogens is 528 g/mol. The number of aromatic nitrogens is 1. The summed E-state index contributed by atoms with van der Waals surface area (Å²) in [4.78, 5) is 15.4. The van der Waals surface area contributed by atoms with E-state index in [9.17, 15) is 20.3 Å². The van der Waals surface area contributed by atoms with Crippen molar-refractivity contribution in [1.29, 1.82) is 5.26 Å². The highest BCUT2D eigenvalue weighted by molar-refractivity contribution is 6.33. The molecule has 0 spiro atoms. The molecule has 0 aliphatic carbocycles. The second-order valence-corrected chi connectivity index (χ2v) is 9.59. The summed E-state index contributed by atoms with van der Waals surface area (Å²) in [6, 6.07) is 22.5. The third kappa shape index (κ3) is 7.16. The highest BCUT2D eigenvalue weighted by Crippen LogP contribution is 2.33. The first-order valence-corrected chi connectivity index (χ1v) is 13.0. The van der Waals surface area contributed by atoms with E-state index in [4.69, 9.17) is 16.3 Å². The number of benzene rings is 3. The van der Waals surface area contributed by atoms with Gasteiger partial charge in [0.25, 0.3) is 0 Å². The Balaban J connectivity index is 1.58. The molecule has 0 fully saturated rings. The summed E-state index contributed by atoms with van der Waals surface area (Å²) in [5.74, 6) is -0.694. The summed E-state index contributed by atoms with van der Waals surface area (Å²) in [6.07, 6.45) is 3.08. The first-order valence-electron chi connectivity index (χ1n) is 12.6. The van der Waals surface area contributed by atoms with Crippen molar-refractivity contribution in [3.05, 3.63) is 112 Å². The molecule has 40 heavy (non-hydrogen) atoms. The van der Waals surface area contributed by atoms with Crippen molar-refractivity contribution in [2.45, 2.75) is 32.7 Å². The molecule has 0 amide bonds. The molecule has 0 aliphatic heterocycles. The lowest BCUT2D eigenvalue weighted by Gasteiger charge is -2.19. The van der Waals surface area contributed by atoms with E-state index in [2.05, 4.69) is 52.9 Å². The summed E-state index contributed by atoms with van der Waals surface area (Å²) in [7, 11) is 0. The maximum atomic E-state index is 11.4. The van der Waals surface area contributed by atoms with Gasteiger partial charge in [0, 0.05) is 42.7 Å². The zero-order valence-corrected chi connectivity index (χ0v) is 22.7. The van der Waals surface area contributed by atoms with Gasteiger partial charge in [-0.25, -0.2) is 0 Å². The standard InChI is InChI=1S/C31H29ClN4O4/c1-20-24(8-5-9-26(20)23-6-3-2-4-7-23)16-35-28-12-30(40-19-22-10-21(13-33)14-34-15-22)25(11-27(28)32)17-36-29(18-37)31(38)39/h2-12,14-15,29,35-37H,16-19H2,1H3,(H,38,39)/t29-/m1/s1. The van der Waals surface area contributed by atoms with E-state index in [0.717, 1.165) is 22.3 Å². The second kappa shape index (κ2) is 13.6. The Bertz CT molecular complexity index is 1520. The number of nitrogens with one attached hydrogen (secondary N) is 2. The van der Waals surface area contributed by atoms with E-state index in [1.807, 2.05) is 24.3 Å². The fourth-order valence-electron chi connectivity index (χ4n) is 4.25. The molecule has 0 saturated carbocycles. The lowest BCUT2D eigenvalue weighted by Crippen LogP contribution is -2.39. The number of nitriles is 1. The van der Waals surface area contributed by atoms with Crippen LogP contribution in [0.5, 0.6) is 5.75 Å². The van der Waals surface area contributed by atoms with Gasteiger partial charge in [-0.2, -0.15) is 5.26 Å². The smallest absolute Gasteiger partial charge is 0.323 e. The molecule has 4 N–H and O–H groups in total. The van der Waals surface area contributed by atoms with Crippen molar-refractivity contribution >= 4 is 23.3 Å². The number of anilines is 1. The van der Waals surface area contributed by atoms with Crippen molar-refractivity contribution in [3.63, 3.8) is 0 Å². The topological polar surface area (TPSA) is 128 Å². The second-order valence-electron chi connectivity index (χ2n) is 9.19. The number of aliphatic hydroxyl groups excluding tert-OH is 1. The molecule has 0 bridgehead atoms. The number of carboxylic acid groups (broad SMARTS) is 1. The summed E-state index contributed by atoms with van der Waals surface area (Å²) in [5, 5.41) is 34.5. The maximum absolute atomic E-state index is 11.4. The average Bonchev–Trinajstić information content (AvgIpc) is 2.97. The van der Waals surface area contributed by atoms with Crippen molar-refractivity contribution in [3.8, 4) is 22.9 Å². The number of hydrogen-bond acceptors (Lipinski definition) is 7. The molecule has 9 heteroatoms. The molecule has 4 rings (SSSR count). The number of nitrogens with zero attached hydrogens (tertiary/aromatic N) is 2. The molecule has 204 valence electrons. The molecule has 8 nitrogen and oxygen atoms in total. The number of aliphatic hydroxyl groups is 1. The first kappa shape index (κ1) is 28.6. The normalized spacial score (nSPS) is 11.4. The van der Waals surface area contributed by atoms with Gasteiger partial charge in [-0.1, -0.05) is 60.1 Å². The average molecular weight is 557 g/mol. The Kier molecular flexibility index (Phi) is 9.71. The molecule has 1 aromatic heterocycles. The quantitative estimate of drug-likeness (QED) is 0.185. The molecule has 4 aromatic rings. The van der Waals surface area contributed by atoms with Crippen LogP contribution in [-0.2, 0) is 24.5 Å². The fraction of sp³-hybridized carbons (Fsp3) is 0.194. The molecule has 1 heterocycles. The molecule has 0 saturated heterocycles. The van der Waals surface area contributed by atoms with Gasteiger partial charge < -0.3 is 20.3 Å². The van der Waals surface area contributed by atoms with E-state index in [-0.39, 0.29) is 13.2 Å². The van der Waals surface area contributed by atoms with Gasteiger partial charge in [0.2, 0.25) is 0 Å². The predicted octanol–water partition coefficient (Wildman–Crippen LogP) is 5.31. The Labute approximate surface area is 237 Å². The lowest BCUT2D eigenvalue weighted by molar-refractivity contribution is -0.140. The monoisotopic (exact) mass is 556 g/mol. The van der Waals surface area contributed by atoms with E-state index >= 15 is 0 Å². The maximum Gasteiger partial charge on any atom is 0.323 e. The van der Waals surface area contributed by atoms with Crippen molar-refractivity contribution in [2.75, 3.05) is 11.9 Å². The summed E-state index contributed by atoms with van der Waals surface area (Å²) >= 11 is 6.65. The van der Waals surface area contributed by atoms with Crippen LogP contribution >= 0.6 is 11.6 Å². The summed E-state index contributed by atoms with van der Waals surface area (Å²) < 4.78 is 6.10. The Morgan fingerprint density at radius 1 is 1.07 bits per heavy atom. The zero-order chi connectivity index (χ0) is 28.5. The van der Waals surface area contributed by atoms with Gasteiger partial charge in [-0.15, -0.1) is 0 Å². The number of carboxylic acids is 1. The highest BCUT2D eigenvalue weighted by atomic mass is 35.5. The number of halogens is 1. The Morgan fingerprint density at radius 2 is 1.88 bits per heavy atom. The van der Waals surface area contributed by atoms with Crippen LogP contribution in [0, 0.1) is 18.3 Å². The van der Waals surface area contributed by atoms with Gasteiger partial charge in [-0.05, 0) is 41.3 Å². The SMILES string of the molecule is Cc1c(CNc2cc(OCc3cncc(C#N)c3)c(CN[C@H](CO)C(=O)O)cc2Cl)cccc1-c1ccccc1. The molecule has 0 unspecified atom stereocenters. The van der Waals surface area contributed by atoms with Crippen molar-refractivity contribution < 1.29 is 19.7 Å².